The Morgan fingerprint density at radius 1 is 1.18 bits per heavy atom. The Morgan fingerprint density at radius 2 is 1.89 bits per heavy atom. The van der Waals surface area contributed by atoms with E-state index in [-0.39, 0.29) is 24.8 Å². The zero-order chi connectivity index (χ0) is 19.9. The van der Waals surface area contributed by atoms with Crippen molar-refractivity contribution in [3.8, 4) is 11.5 Å². The van der Waals surface area contributed by atoms with E-state index in [2.05, 4.69) is 0 Å². The Labute approximate surface area is 163 Å². The molecule has 2 N–H and O–H groups in total. The molecular weight excluding hydrogens is 382 g/mol. The van der Waals surface area contributed by atoms with E-state index in [0.717, 1.165) is 0 Å². The summed E-state index contributed by atoms with van der Waals surface area (Å²) in [4.78, 5) is 13.0. The molecule has 2 aliphatic rings. The largest absolute Gasteiger partial charge is 0.465 e. The lowest BCUT2D eigenvalue weighted by atomic mass is 9.99. The summed E-state index contributed by atoms with van der Waals surface area (Å²) in [5, 5.41) is -1.01. The minimum atomic E-state index is -3.81. The lowest BCUT2D eigenvalue weighted by molar-refractivity contribution is -0.149. The van der Waals surface area contributed by atoms with E-state index in [1.54, 1.807) is 43.3 Å². The van der Waals surface area contributed by atoms with E-state index in [4.69, 9.17) is 19.9 Å². The number of ether oxygens (including phenoxy) is 3. The van der Waals surface area contributed by atoms with Gasteiger partial charge < -0.3 is 19.9 Å². The van der Waals surface area contributed by atoms with Crippen LogP contribution in [0.1, 0.15) is 18.4 Å². The Balaban J connectivity index is 1.81. The zero-order valence-corrected chi connectivity index (χ0v) is 16.1. The van der Waals surface area contributed by atoms with Gasteiger partial charge in [0.15, 0.2) is 21.3 Å². The monoisotopic (exact) mass is 403 g/mol. The maximum Gasteiger partial charge on any atom is 0.315 e. The van der Waals surface area contributed by atoms with Crippen molar-refractivity contribution in [1.82, 2.24) is 0 Å². The third-order valence-electron chi connectivity index (χ3n) is 5.41. The molecule has 0 unspecified atom stereocenters. The first kappa shape index (κ1) is 18.8. The first-order valence-corrected chi connectivity index (χ1v) is 10.6. The van der Waals surface area contributed by atoms with E-state index in [1.807, 2.05) is 0 Å². The van der Waals surface area contributed by atoms with Crippen LogP contribution in [0.4, 0.5) is 0 Å². The summed E-state index contributed by atoms with van der Waals surface area (Å²) in [6, 6.07) is 13.3. The third kappa shape index (κ3) is 2.67. The summed E-state index contributed by atoms with van der Waals surface area (Å²) in [6.07, 6.45) is 0. The van der Waals surface area contributed by atoms with Gasteiger partial charge in [-0.05, 0) is 36.8 Å². The first-order valence-electron chi connectivity index (χ1n) is 9.02. The fraction of sp³-hybridized carbons (Fsp3) is 0.350. The van der Waals surface area contributed by atoms with Crippen molar-refractivity contribution in [1.29, 1.82) is 0 Å². The second-order valence-electron chi connectivity index (χ2n) is 6.83. The molecule has 0 spiro atoms. The lowest BCUT2D eigenvalue weighted by Crippen LogP contribution is -2.33. The van der Waals surface area contributed by atoms with Crippen LogP contribution in [0.3, 0.4) is 0 Å². The molecule has 148 valence electrons. The molecule has 1 heterocycles. The van der Waals surface area contributed by atoms with Gasteiger partial charge in [-0.15, -0.1) is 0 Å². The Morgan fingerprint density at radius 3 is 2.57 bits per heavy atom. The van der Waals surface area contributed by atoms with Gasteiger partial charge in [0.1, 0.15) is 5.41 Å². The molecule has 8 heteroatoms. The van der Waals surface area contributed by atoms with Gasteiger partial charge in [-0.3, -0.25) is 4.79 Å². The summed E-state index contributed by atoms with van der Waals surface area (Å²) >= 11 is 0. The van der Waals surface area contributed by atoms with Gasteiger partial charge in [-0.2, -0.15) is 0 Å². The van der Waals surface area contributed by atoms with Gasteiger partial charge in [0.25, 0.3) is 0 Å². The van der Waals surface area contributed by atoms with Gasteiger partial charge in [-0.1, -0.05) is 24.3 Å². The van der Waals surface area contributed by atoms with Crippen LogP contribution in [0.25, 0.3) is 0 Å². The maximum absolute atomic E-state index is 13.4. The topological polar surface area (TPSA) is 105 Å². The van der Waals surface area contributed by atoms with Crippen molar-refractivity contribution in [2.45, 2.75) is 23.0 Å². The quantitative estimate of drug-likeness (QED) is 0.734. The van der Waals surface area contributed by atoms with Crippen molar-refractivity contribution >= 4 is 15.8 Å². The molecule has 0 amide bonds. The van der Waals surface area contributed by atoms with Crippen molar-refractivity contribution in [3.63, 3.8) is 0 Å². The van der Waals surface area contributed by atoms with E-state index in [0.29, 0.717) is 17.1 Å². The number of carbonyl (C=O) groups is 1. The van der Waals surface area contributed by atoms with E-state index >= 15 is 0 Å². The molecule has 1 saturated carbocycles. The smallest absolute Gasteiger partial charge is 0.315 e. The summed E-state index contributed by atoms with van der Waals surface area (Å²) < 4.78 is 42.7. The van der Waals surface area contributed by atoms with Gasteiger partial charge in [-0.25, -0.2) is 8.42 Å². The molecule has 1 aliphatic carbocycles. The molecule has 1 aliphatic heterocycles. The lowest BCUT2D eigenvalue weighted by Gasteiger charge is -2.14. The number of hydrogen-bond acceptors (Lipinski definition) is 7. The molecule has 28 heavy (non-hydrogen) atoms. The molecule has 1 fully saturated rings. The second kappa shape index (κ2) is 6.79. The molecule has 2 aromatic carbocycles. The number of rotatable bonds is 6. The van der Waals surface area contributed by atoms with Crippen molar-refractivity contribution < 1.29 is 27.4 Å². The predicted molar refractivity (Wildman–Crippen MR) is 101 cm³/mol. The Kier molecular flexibility index (Phi) is 4.55. The second-order valence-corrected chi connectivity index (χ2v) is 8.90. The number of sulfone groups is 1. The van der Waals surface area contributed by atoms with Crippen LogP contribution < -0.4 is 15.2 Å². The molecule has 0 saturated heterocycles. The summed E-state index contributed by atoms with van der Waals surface area (Å²) in [6.45, 7) is 1.80. The highest BCUT2D eigenvalue weighted by atomic mass is 32.2. The minimum Gasteiger partial charge on any atom is -0.465 e. The number of esters is 1. The SMILES string of the molecule is CCOC(=O)[C@@]1(CN)[C@H](c2ccc3c(c2)OCO3)[C@@H]1S(=O)(=O)c1ccccc1. The fourth-order valence-electron chi connectivity index (χ4n) is 4.03. The molecule has 0 aromatic heterocycles. The minimum absolute atomic E-state index is 0.106. The first-order chi connectivity index (χ1) is 13.5. The Hall–Kier alpha value is -2.58. The molecule has 0 radical (unpaired) electrons. The number of hydrogen-bond donors (Lipinski definition) is 1. The van der Waals surface area contributed by atoms with Crippen LogP contribution >= 0.6 is 0 Å². The van der Waals surface area contributed by atoms with Crippen LogP contribution in [0.5, 0.6) is 11.5 Å². The van der Waals surface area contributed by atoms with Crippen molar-refractivity contribution in [2.24, 2.45) is 11.1 Å². The van der Waals surface area contributed by atoms with E-state index in [1.165, 1.54) is 12.1 Å². The average molecular weight is 403 g/mol. The highest BCUT2D eigenvalue weighted by Gasteiger charge is 2.75. The number of fused-ring (bicyclic) bond motifs is 1. The standard InChI is InChI=1S/C20H21NO6S/c1-2-25-19(22)20(11-21)17(13-8-9-15-16(10-13)27-12-26-15)18(20)28(23,24)14-6-4-3-5-7-14/h3-10,17-18H,2,11-12,21H2,1H3/t17-,18+,20+/m1/s1. The summed E-state index contributed by atoms with van der Waals surface area (Å²) in [5.74, 6) is -0.114. The molecule has 4 rings (SSSR count). The average Bonchev–Trinajstić information content (AvgIpc) is 3.21. The molecule has 3 atom stereocenters. The van der Waals surface area contributed by atoms with Gasteiger partial charge in [0.05, 0.1) is 16.8 Å². The summed E-state index contributed by atoms with van der Waals surface area (Å²) in [7, 11) is -3.81. The zero-order valence-electron chi connectivity index (χ0n) is 15.3. The van der Waals surface area contributed by atoms with Gasteiger partial charge in [0.2, 0.25) is 6.79 Å². The number of nitrogens with two attached hydrogens (primary N) is 1. The van der Waals surface area contributed by atoms with Gasteiger partial charge >= 0.3 is 5.97 Å². The van der Waals surface area contributed by atoms with Crippen LogP contribution in [0, 0.1) is 5.41 Å². The fourth-order valence-corrected chi connectivity index (χ4v) is 6.43. The van der Waals surface area contributed by atoms with Gasteiger partial charge in [0, 0.05) is 12.5 Å². The predicted octanol–water partition coefficient (Wildman–Crippen LogP) is 1.86. The molecule has 7 nitrogen and oxygen atoms in total. The highest BCUT2D eigenvalue weighted by Crippen LogP contribution is 2.64. The highest BCUT2D eigenvalue weighted by molar-refractivity contribution is 7.92. The van der Waals surface area contributed by atoms with Crippen molar-refractivity contribution in [2.75, 3.05) is 19.9 Å². The molecule has 2 aromatic rings. The van der Waals surface area contributed by atoms with Crippen LogP contribution in [0.15, 0.2) is 53.4 Å². The van der Waals surface area contributed by atoms with E-state index in [9.17, 15) is 13.2 Å². The van der Waals surface area contributed by atoms with Crippen LogP contribution in [-0.4, -0.2) is 39.6 Å². The normalized spacial score (nSPS) is 25.4. The molecular formula is C20H21NO6S. The van der Waals surface area contributed by atoms with Crippen molar-refractivity contribution in [3.05, 3.63) is 54.1 Å². The van der Waals surface area contributed by atoms with Crippen LogP contribution in [-0.2, 0) is 19.4 Å². The maximum atomic E-state index is 13.4. The van der Waals surface area contributed by atoms with Crippen LogP contribution in [0.2, 0.25) is 0 Å². The summed E-state index contributed by atoms with van der Waals surface area (Å²) in [5.41, 5.74) is 5.31. The van der Waals surface area contributed by atoms with E-state index < -0.39 is 32.4 Å². The Bertz CT molecular complexity index is 1010. The number of benzene rings is 2. The number of carbonyl (C=O) groups excluding carboxylic acids is 1. The molecule has 0 bridgehead atoms. The third-order valence-corrected chi connectivity index (χ3v) is 7.70.